The van der Waals surface area contributed by atoms with Gasteiger partial charge in [0.05, 0.1) is 11.7 Å². The Labute approximate surface area is 112 Å². The number of carboxylic acid groups (broad SMARTS) is 1. The lowest BCUT2D eigenvalue weighted by atomic mass is 9.84. The Kier molecular flexibility index (Phi) is 5.59. The van der Waals surface area contributed by atoms with Gasteiger partial charge in [-0.15, -0.1) is 0 Å². The van der Waals surface area contributed by atoms with Gasteiger partial charge >= 0.3 is 12.0 Å². The average Bonchev–Trinajstić information content (AvgIpc) is 2.27. The number of hydrogen-bond acceptors (Lipinski definition) is 4. The summed E-state index contributed by atoms with van der Waals surface area (Å²) in [5.41, 5.74) is 0. The Morgan fingerprint density at radius 1 is 1.26 bits per heavy atom. The Balaban J connectivity index is 2.40. The minimum absolute atomic E-state index is 0.0229. The van der Waals surface area contributed by atoms with E-state index in [4.69, 9.17) is 5.11 Å². The lowest BCUT2D eigenvalue weighted by Crippen LogP contribution is -2.49. The maximum atomic E-state index is 11.6. The molecule has 8 heteroatoms. The third-order valence-corrected chi connectivity index (χ3v) is 4.10. The summed E-state index contributed by atoms with van der Waals surface area (Å²) in [7, 11) is -3.11. The fourth-order valence-electron chi connectivity index (χ4n) is 2.17. The zero-order valence-electron chi connectivity index (χ0n) is 10.9. The highest BCUT2D eigenvalue weighted by Gasteiger charge is 2.31. The molecule has 110 valence electrons. The molecule has 2 atom stereocenters. The van der Waals surface area contributed by atoms with E-state index in [0.29, 0.717) is 12.8 Å². The highest BCUT2D eigenvalue weighted by molar-refractivity contribution is 7.90. The molecular weight excluding hydrogens is 272 g/mol. The molecule has 7 nitrogen and oxygen atoms in total. The van der Waals surface area contributed by atoms with Crippen molar-refractivity contribution in [2.24, 2.45) is 5.92 Å². The second-order valence-electron chi connectivity index (χ2n) is 4.87. The summed E-state index contributed by atoms with van der Waals surface area (Å²) in [6.45, 7) is 0.0229. The Bertz CT molecular complexity index is 434. The largest absolute Gasteiger partial charge is 0.481 e. The zero-order valence-corrected chi connectivity index (χ0v) is 11.7. The van der Waals surface area contributed by atoms with Gasteiger partial charge in [-0.25, -0.2) is 13.2 Å². The topological polar surface area (TPSA) is 113 Å². The normalized spacial score (nSPS) is 23.6. The van der Waals surface area contributed by atoms with Gasteiger partial charge in [-0.1, -0.05) is 12.8 Å². The van der Waals surface area contributed by atoms with E-state index in [1.807, 2.05) is 0 Å². The molecule has 1 saturated carbocycles. The second-order valence-corrected chi connectivity index (χ2v) is 7.13. The highest BCUT2D eigenvalue weighted by atomic mass is 32.2. The lowest BCUT2D eigenvalue weighted by molar-refractivity contribution is -0.143. The molecule has 0 heterocycles. The Morgan fingerprint density at radius 3 is 2.47 bits per heavy atom. The molecule has 3 N–H and O–H groups in total. The molecule has 0 radical (unpaired) electrons. The van der Waals surface area contributed by atoms with Gasteiger partial charge in [0, 0.05) is 18.8 Å². The Morgan fingerprint density at radius 2 is 1.89 bits per heavy atom. The third-order valence-electron chi connectivity index (χ3n) is 3.16. The van der Waals surface area contributed by atoms with E-state index in [2.05, 4.69) is 10.6 Å². The number of rotatable bonds is 5. The molecule has 0 spiro atoms. The molecule has 2 amide bonds. The van der Waals surface area contributed by atoms with E-state index in [-0.39, 0.29) is 18.3 Å². The molecule has 1 fully saturated rings. The van der Waals surface area contributed by atoms with Gasteiger partial charge in [0.1, 0.15) is 9.84 Å². The molecule has 0 aromatic carbocycles. The van der Waals surface area contributed by atoms with Crippen LogP contribution in [-0.2, 0) is 14.6 Å². The van der Waals surface area contributed by atoms with E-state index in [1.54, 1.807) is 0 Å². The first-order chi connectivity index (χ1) is 8.79. The van der Waals surface area contributed by atoms with Crippen LogP contribution < -0.4 is 10.6 Å². The number of urea groups is 1. The maximum Gasteiger partial charge on any atom is 0.315 e. The molecule has 2 unspecified atom stereocenters. The molecule has 0 aromatic heterocycles. The van der Waals surface area contributed by atoms with Crippen LogP contribution in [0.15, 0.2) is 0 Å². The fraction of sp³-hybridized carbons (Fsp3) is 0.818. The second kappa shape index (κ2) is 6.74. The summed E-state index contributed by atoms with van der Waals surface area (Å²) in [6, 6.07) is -0.897. The van der Waals surface area contributed by atoms with Crippen LogP contribution in [0.1, 0.15) is 25.7 Å². The van der Waals surface area contributed by atoms with E-state index in [9.17, 15) is 18.0 Å². The van der Waals surface area contributed by atoms with Crippen molar-refractivity contribution in [3.8, 4) is 0 Å². The number of carboxylic acids is 1. The molecule has 0 saturated heterocycles. The molecule has 1 rings (SSSR count). The van der Waals surface area contributed by atoms with Crippen molar-refractivity contribution in [2.45, 2.75) is 31.7 Å². The van der Waals surface area contributed by atoms with E-state index in [1.165, 1.54) is 0 Å². The number of aliphatic carboxylic acids is 1. The van der Waals surface area contributed by atoms with Crippen LogP contribution in [0, 0.1) is 5.92 Å². The van der Waals surface area contributed by atoms with Crippen LogP contribution >= 0.6 is 0 Å². The van der Waals surface area contributed by atoms with E-state index in [0.717, 1.165) is 19.1 Å². The summed E-state index contributed by atoms with van der Waals surface area (Å²) in [5.74, 6) is -1.59. The lowest BCUT2D eigenvalue weighted by Gasteiger charge is -2.29. The van der Waals surface area contributed by atoms with Gasteiger partial charge in [-0.05, 0) is 12.8 Å². The molecule has 0 aromatic rings. The first-order valence-electron chi connectivity index (χ1n) is 6.24. The van der Waals surface area contributed by atoms with Crippen LogP contribution in [0.25, 0.3) is 0 Å². The predicted octanol–water partition coefficient (Wildman–Crippen LogP) is -0.0264. The molecular formula is C11H20N2O5S. The third kappa shape index (κ3) is 5.91. The van der Waals surface area contributed by atoms with Crippen molar-refractivity contribution in [3.63, 3.8) is 0 Å². The minimum Gasteiger partial charge on any atom is -0.481 e. The van der Waals surface area contributed by atoms with Crippen molar-refractivity contribution in [1.82, 2.24) is 10.6 Å². The van der Waals surface area contributed by atoms with Crippen LogP contribution in [0.3, 0.4) is 0 Å². The monoisotopic (exact) mass is 292 g/mol. The molecule has 0 aliphatic heterocycles. The number of carbonyl (C=O) groups excluding carboxylic acids is 1. The van der Waals surface area contributed by atoms with Gasteiger partial charge in [0.2, 0.25) is 0 Å². The molecule has 0 bridgehead atoms. The maximum absolute atomic E-state index is 11.6. The standard InChI is InChI=1S/C11H20N2O5S/c1-19(17,18)7-6-12-11(16)13-9-5-3-2-4-8(9)10(14)15/h8-9H,2-7H2,1H3,(H,14,15)(H2,12,13,16). The van der Waals surface area contributed by atoms with Gasteiger partial charge in [0.15, 0.2) is 0 Å². The quantitative estimate of drug-likeness (QED) is 0.659. The zero-order chi connectivity index (χ0) is 14.5. The van der Waals surface area contributed by atoms with Crippen molar-refractivity contribution < 1.29 is 23.1 Å². The summed E-state index contributed by atoms with van der Waals surface area (Å²) < 4.78 is 21.8. The molecule has 1 aliphatic rings. The average molecular weight is 292 g/mol. The van der Waals surface area contributed by atoms with Gasteiger partial charge < -0.3 is 15.7 Å². The first kappa shape index (κ1) is 15.7. The van der Waals surface area contributed by atoms with E-state index < -0.39 is 27.8 Å². The molecule has 1 aliphatic carbocycles. The Hall–Kier alpha value is -1.31. The number of carbonyl (C=O) groups is 2. The first-order valence-corrected chi connectivity index (χ1v) is 8.30. The predicted molar refractivity (Wildman–Crippen MR) is 69.6 cm³/mol. The van der Waals surface area contributed by atoms with Crippen LogP contribution in [0.2, 0.25) is 0 Å². The summed E-state index contributed by atoms with van der Waals surface area (Å²) in [5, 5.41) is 14.1. The number of hydrogen-bond donors (Lipinski definition) is 3. The van der Waals surface area contributed by atoms with Crippen LogP contribution in [0.4, 0.5) is 4.79 Å². The SMILES string of the molecule is CS(=O)(=O)CCNC(=O)NC1CCCCC1C(=O)O. The van der Waals surface area contributed by atoms with Crippen LogP contribution in [0.5, 0.6) is 0 Å². The summed E-state index contributed by atoms with van der Waals surface area (Å²) in [6.07, 6.45) is 4.02. The molecule has 19 heavy (non-hydrogen) atoms. The number of sulfone groups is 1. The van der Waals surface area contributed by atoms with Crippen molar-refractivity contribution in [1.29, 1.82) is 0 Å². The van der Waals surface area contributed by atoms with E-state index >= 15 is 0 Å². The van der Waals surface area contributed by atoms with Crippen molar-refractivity contribution in [3.05, 3.63) is 0 Å². The highest BCUT2D eigenvalue weighted by Crippen LogP contribution is 2.24. The number of amides is 2. The summed E-state index contributed by atoms with van der Waals surface area (Å²) in [4.78, 5) is 22.6. The summed E-state index contributed by atoms with van der Waals surface area (Å²) >= 11 is 0. The van der Waals surface area contributed by atoms with Gasteiger partial charge in [0.25, 0.3) is 0 Å². The minimum atomic E-state index is -3.11. The smallest absolute Gasteiger partial charge is 0.315 e. The van der Waals surface area contributed by atoms with Crippen LogP contribution in [-0.4, -0.2) is 50.1 Å². The van der Waals surface area contributed by atoms with Gasteiger partial charge in [-0.2, -0.15) is 0 Å². The fourth-order valence-corrected chi connectivity index (χ4v) is 2.64. The van der Waals surface area contributed by atoms with Gasteiger partial charge in [-0.3, -0.25) is 4.79 Å². The number of nitrogens with one attached hydrogen (secondary N) is 2. The van der Waals surface area contributed by atoms with Crippen molar-refractivity contribution in [2.75, 3.05) is 18.6 Å². The van der Waals surface area contributed by atoms with Crippen molar-refractivity contribution >= 4 is 21.8 Å².